The van der Waals surface area contributed by atoms with Crippen molar-refractivity contribution >= 4 is 5.91 Å². The van der Waals surface area contributed by atoms with E-state index in [9.17, 15) is 9.90 Å². The molecule has 0 spiro atoms. The van der Waals surface area contributed by atoms with Crippen LogP contribution in [-0.2, 0) is 11.2 Å². The van der Waals surface area contributed by atoms with Gasteiger partial charge in [0, 0.05) is 13.1 Å². The molecule has 0 radical (unpaired) electrons. The summed E-state index contributed by atoms with van der Waals surface area (Å²) in [4.78, 5) is 12.8. The average molecular weight is 435 g/mol. The van der Waals surface area contributed by atoms with Crippen LogP contribution in [0.25, 0.3) is 0 Å². The van der Waals surface area contributed by atoms with Gasteiger partial charge in [-0.3, -0.25) is 10.1 Å². The van der Waals surface area contributed by atoms with Crippen LogP contribution in [0.2, 0.25) is 0 Å². The average Bonchev–Trinajstić information content (AvgIpc) is 2.84. The van der Waals surface area contributed by atoms with Crippen LogP contribution in [-0.4, -0.2) is 32.3 Å². The minimum atomic E-state index is -0.538. The Morgan fingerprint density at radius 3 is 2.25 bits per heavy atom. The topological polar surface area (TPSA) is 79.8 Å². The van der Waals surface area contributed by atoms with Gasteiger partial charge in [-0.05, 0) is 47.7 Å². The van der Waals surface area contributed by atoms with E-state index < -0.39 is 6.04 Å². The molecule has 0 bridgehead atoms. The van der Waals surface area contributed by atoms with E-state index in [1.807, 2.05) is 60.7 Å². The van der Waals surface area contributed by atoms with Crippen LogP contribution < -0.4 is 20.1 Å². The van der Waals surface area contributed by atoms with Gasteiger partial charge in [0.25, 0.3) is 0 Å². The van der Waals surface area contributed by atoms with Crippen molar-refractivity contribution in [3.63, 3.8) is 0 Å². The van der Waals surface area contributed by atoms with Gasteiger partial charge in [0.05, 0.1) is 14.2 Å². The summed E-state index contributed by atoms with van der Waals surface area (Å²) in [7, 11) is 4.83. The first kappa shape index (κ1) is 23.2. The van der Waals surface area contributed by atoms with E-state index in [-0.39, 0.29) is 17.7 Å². The summed E-state index contributed by atoms with van der Waals surface area (Å²) in [5, 5.41) is 16.5. The molecule has 1 unspecified atom stereocenters. The van der Waals surface area contributed by atoms with E-state index >= 15 is 0 Å². The number of benzene rings is 3. The SMILES string of the molecule is CNC(=O)C(N[C@H](CCc1ccccc1O)c1ccc(OC)c(OC)c1)c1ccccc1. The second-order valence-electron chi connectivity index (χ2n) is 7.46. The lowest BCUT2D eigenvalue weighted by Crippen LogP contribution is -2.38. The number of phenols is 1. The lowest BCUT2D eigenvalue weighted by atomic mass is 9.95. The lowest BCUT2D eigenvalue weighted by molar-refractivity contribution is -0.123. The largest absolute Gasteiger partial charge is 0.508 e. The van der Waals surface area contributed by atoms with E-state index in [4.69, 9.17) is 9.47 Å². The highest BCUT2D eigenvalue weighted by Crippen LogP contribution is 2.33. The zero-order chi connectivity index (χ0) is 22.9. The molecule has 0 aliphatic carbocycles. The summed E-state index contributed by atoms with van der Waals surface area (Å²) in [5.74, 6) is 1.41. The molecular weight excluding hydrogens is 404 g/mol. The van der Waals surface area contributed by atoms with Crippen LogP contribution in [0.4, 0.5) is 0 Å². The minimum absolute atomic E-state index is 0.121. The van der Waals surface area contributed by atoms with Gasteiger partial charge >= 0.3 is 0 Å². The number of likely N-dealkylation sites (N-methyl/N-ethyl adjacent to an activating group) is 1. The maximum Gasteiger partial charge on any atom is 0.241 e. The Balaban J connectivity index is 1.95. The van der Waals surface area contributed by atoms with Crippen molar-refractivity contribution in [2.45, 2.75) is 24.9 Å². The van der Waals surface area contributed by atoms with Gasteiger partial charge < -0.3 is 19.9 Å². The number of hydrogen-bond donors (Lipinski definition) is 3. The number of nitrogens with one attached hydrogen (secondary N) is 2. The highest BCUT2D eigenvalue weighted by molar-refractivity contribution is 5.83. The molecule has 32 heavy (non-hydrogen) atoms. The number of amides is 1. The summed E-state index contributed by atoms with van der Waals surface area (Å²) in [6.45, 7) is 0. The fourth-order valence-electron chi connectivity index (χ4n) is 3.75. The molecule has 2 atom stereocenters. The van der Waals surface area contributed by atoms with Gasteiger partial charge in [0.2, 0.25) is 5.91 Å². The highest BCUT2D eigenvalue weighted by atomic mass is 16.5. The van der Waals surface area contributed by atoms with Gasteiger partial charge in [-0.1, -0.05) is 54.6 Å². The molecule has 0 saturated heterocycles. The fraction of sp³-hybridized carbons (Fsp3) is 0.269. The number of methoxy groups -OCH3 is 2. The molecule has 0 heterocycles. The molecule has 3 rings (SSSR count). The lowest BCUT2D eigenvalue weighted by Gasteiger charge is -2.26. The predicted octanol–water partition coefficient (Wildman–Crippen LogP) is 4.16. The maximum atomic E-state index is 12.8. The Morgan fingerprint density at radius 1 is 0.906 bits per heavy atom. The zero-order valence-corrected chi connectivity index (χ0v) is 18.7. The van der Waals surface area contributed by atoms with Crippen LogP contribution in [0.1, 0.15) is 35.2 Å². The molecule has 0 aliphatic heterocycles. The summed E-state index contributed by atoms with van der Waals surface area (Å²) in [5.41, 5.74) is 2.69. The van der Waals surface area contributed by atoms with E-state index in [1.165, 1.54) is 0 Å². The Bertz CT molecular complexity index is 1020. The van der Waals surface area contributed by atoms with Crippen molar-refractivity contribution in [1.82, 2.24) is 10.6 Å². The van der Waals surface area contributed by atoms with Gasteiger partial charge in [-0.15, -0.1) is 0 Å². The molecule has 6 heteroatoms. The van der Waals surface area contributed by atoms with Crippen LogP contribution in [0.15, 0.2) is 72.8 Å². The second-order valence-corrected chi connectivity index (χ2v) is 7.46. The number of para-hydroxylation sites is 1. The predicted molar refractivity (Wildman–Crippen MR) is 125 cm³/mol. The number of hydrogen-bond acceptors (Lipinski definition) is 5. The standard InChI is InChI=1S/C26H30N2O4/c1-27-26(30)25(19-10-5-4-6-11-19)28-21(15-13-18-9-7-8-12-22(18)29)20-14-16-23(31-2)24(17-20)32-3/h4-12,14,16-17,21,25,28-29H,13,15H2,1-3H3,(H,27,30)/t21-,25?/m1/s1. The molecule has 0 aromatic heterocycles. The number of ether oxygens (including phenoxy) is 2. The molecular formula is C26H30N2O4. The quantitative estimate of drug-likeness (QED) is 0.447. The second kappa shape index (κ2) is 11.2. The monoisotopic (exact) mass is 434 g/mol. The summed E-state index contributed by atoms with van der Waals surface area (Å²) >= 11 is 0. The number of aromatic hydroxyl groups is 1. The van der Waals surface area contributed by atoms with Crippen LogP contribution in [0.3, 0.4) is 0 Å². The summed E-state index contributed by atoms with van der Waals surface area (Å²) in [6.07, 6.45) is 1.29. The summed E-state index contributed by atoms with van der Waals surface area (Å²) < 4.78 is 10.9. The molecule has 0 saturated carbocycles. The fourth-order valence-corrected chi connectivity index (χ4v) is 3.75. The molecule has 1 amide bonds. The number of rotatable bonds is 10. The van der Waals surface area contributed by atoms with E-state index in [0.717, 1.165) is 16.7 Å². The van der Waals surface area contributed by atoms with Crippen molar-refractivity contribution in [1.29, 1.82) is 0 Å². The molecule has 0 fully saturated rings. The molecule has 3 aromatic carbocycles. The van der Waals surface area contributed by atoms with E-state index in [0.29, 0.717) is 24.3 Å². The van der Waals surface area contributed by atoms with Gasteiger partial charge in [0.1, 0.15) is 11.8 Å². The smallest absolute Gasteiger partial charge is 0.241 e. The zero-order valence-electron chi connectivity index (χ0n) is 18.7. The van der Waals surface area contributed by atoms with Gasteiger partial charge in [-0.25, -0.2) is 0 Å². The van der Waals surface area contributed by atoms with Crippen molar-refractivity contribution in [2.24, 2.45) is 0 Å². The first-order valence-corrected chi connectivity index (χ1v) is 10.6. The third kappa shape index (κ3) is 5.59. The molecule has 6 nitrogen and oxygen atoms in total. The van der Waals surface area contributed by atoms with E-state index in [2.05, 4.69) is 10.6 Å². The molecule has 3 N–H and O–H groups in total. The molecule has 0 aliphatic rings. The van der Waals surface area contributed by atoms with Crippen LogP contribution in [0.5, 0.6) is 17.2 Å². The summed E-state index contributed by atoms with van der Waals surface area (Å²) in [6, 6.07) is 22.0. The van der Waals surface area contributed by atoms with Crippen molar-refractivity contribution < 1.29 is 19.4 Å². The Morgan fingerprint density at radius 2 is 1.59 bits per heavy atom. The molecule has 168 valence electrons. The first-order valence-electron chi connectivity index (χ1n) is 10.6. The van der Waals surface area contributed by atoms with Crippen molar-refractivity contribution in [3.8, 4) is 17.2 Å². The minimum Gasteiger partial charge on any atom is -0.508 e. The first-order chi connectivity index (χ1) is 15.6. The normalized spacial score (nSPS) is 12.6. The van der Waals surface area contributed by atoms with Crippen molar-refractivity contribution in [2.75, 3.05) is 21.3 Å². The Labute approximate surface area is 189 Å². The highest BCUT2D eigenvalue weighted by Gasteiger charge is 2.25. The van der Waals surface area contributed by atoms with Crippen LogP contribution in [0, 0.1) is 0 Å². The van der Waals surface area contributed by atoms with Gasteiger partial charge in [0.15, 0.2) is 11.5 Å². The van der Waals surface area contributed by atoms with E-state index in [1.54, 1.807) is 33.4 Å². The number of aryl methyl sites for hydroxylation is 1. The third-order valence-corrected chi connectivity index (χ3v) is 5.51. The van der Waals surface area contributed by atoms with Crippen molar-refractivity contribution in [3.05, 3.63) is 89.5 Å². The maximum absolute atomic E-state index is 12.8. The number of phenolic OH excluding ortho intramolecular Hbond substituents is 1. The Hall–Kier alpha value is -3.51. The molecule has 3 aromatic rings. The Kier molecular flexibility index (Phi) is 8.11. The number of carbonyl (C=O) groups excluding carboxylic acids is 1. The number of carbonyl (C=O) groups is 1. The van der Waals surface area contributed by atoms with Gasteiger partial charge in [-0.2, -0.15) is 0 Å². The van der Waals surface area contributed by atoms with Crippen LogP contribution >= 0.6 is 0 Å². The third-order valence-electron chi connectivity index (χ3n) is 5.51.